The molecule has 0 radical (unpaired) electrons. The van der Waals surface area contributed by atoms with E-state index in [1.165, 1.54) is 31.4 Å². The van der Waals surface area contributed by atoms with E-state index in [1.54, 1.807) is 0 Å². The number of halogens is 1. The fourth-order valence-electron chi connectivity index (χ4n) is 2.96. The number of hydrogen-bond acceptors (Lipinski definition) is 2. The molecule has 2 atom stereocenters. The standard InChI is InChI=1S/C16H25ClN2/c1-3-13-8-9-18-15(10-13)12-19(2)11-14-6-4-5-7-16(14)17/h4-7,13,15,18H,3,8-12H2,1-2H3. The molecule has 1 aromatic carbocycles. The number of benzene rings is 1. The molecule has 2 rings (SSSR count). The van der Waals surface area contributed by atoms with Gasteiger partial charge in [-0.25, -0.2) is 0 Å². The summed E-state index contributed by atoms with van der Waals surface area (Å²) in [7, 11) is 2.18. The Hall–Kier alpha value is -0.570. The van der Waals surface area contributed by atoms with Crippen molar-refractivity contribution in [3.05, 3.63) is 34.9 Å². The molecule has 2 nitrogen and oxygen atoms in total. The minimum Gasteiger partial charge on any atom is -0.313 e. The van der Waals surface area contributed by atoms with Crippen molar-refractivity contribution in [2.75, 3.05) is 20.1 Å². The van der Waals surface area contributed by atoms with E-state index < -0.39 is 0 Å². The SMILES string of the molecule is CCC1CCNC(CN(C)Cc2ccccc2Cl)C1. The van der Waals surface area contributed by atoms with Crippen molar-refractivity contribution >= 4 is 11.6 Å². The maximum absolute atomic E-state index is 6.21. The van der Waals surface area contributed by atoms with E-state index in [-0.39, 0.29) is 0 Å². The Bertz CT molecular complexity index is 394. The van der Waals surface area contributed by atoms with Crippen LogP contribution < -0.4 is 5.32 Å². The highest BCUT2D eigenvalue weighted by Crippen LogP contribution is 2.21. The highest BCUT2D eigenvalue weighted by Gasteiger charge is 2.21. The zero-order chi connectivity index (χ0) is 13.7. The summed E-state index contributed by atoms with van der Waals surface area (Å²) in [6.07, 6.45) is 3.96. The molecule has 1 N–H and O–H groups in total. The predicted octanol–water partition coefficient (Wildman–Crippen LogP) is 3.55. The molecule has 1 aliphatic heterocycles. The first kappa shape index (κ1) is 14.8. The maximum atomic E-state index is 6.21. The van der Waals surface area contributed by atoms with Crippen LogP contribution >= 0.6 is 11.6 Å². The Morgan fingerprint density at radius 1 is 1.37 bits per heavy atom. The van der Waals surface area contributed by atoms with Gasteiger partial charge in [0.05, 0.1) is 0 Å². The first-order valence-corrected chi connectivity index (χ1v) is 7.72. The van der Waals surface area contributed by atoms with Crippen LogP contribution in [-0.4, -0.2) is 31.1 Å². The van der Waals surface area contributed by atoms with Gasteiger partial charge in [0.15, 0.2) is 0 Å². The van der Waals surface area contributed by atoms with Crippen LogP contribution in [-0.2, 0) is 6.54 Å². The third-order valence-corrected chi connectivity index (χ3v) is 4.48. The van der Waals surface area contributed by atoms with Crippen LogP contribution in [0.15, 0.2) is 24.3 Å². The van der Waals surface area contributed by atoms with Gasteiger partial charge in [0, 0.05) is 24.2 Å². The van der Waals surface area contributed by atoms with Gasteiger partial charge in [-0.1, -0.05) is 43.1 Å². The fraction of sp³-hybridized carbons (Fsp3) is 0.625. The Balaban J connectivity index is 1.84. The molecule has 2 unspecified atom stereocenters. The van der Waals surface area contributed by atoms with Crippen molar-refractivity contribution in [1.82, 2.24) is 10.2 Å². The Morgan fingerprint density at radius 2 is 2.16 bits per heavy atom. The molecule has 0 saturated carbocycles. The zero-order valence-electron chi connectivity index (χ0n) is 12.0. The average Bonchev–Trinajstić information content (AvgIpc) is 2.41. The first-order valence-electron chi connectivity index (χ1n) is 7.34. The molecule has 1 saturated heterocycles. The summed E-state index contributed by atoms with van der Waals surface area (Å²) in [5, 5.41) is 4.51. The smallest absolute Gasteiger partial charge is 0.0451 e. The van der Waals surface area contributed by atoms with E-state index in [2.05, 4.69) is 36.3 Å². The number of likely N-dealkylation sites (N-methyl/N-ethyl adjacent to an activating group) is 1. The van der Waals surface area contributed by atoms with Gasteiger partial charge in [-0.3, -0.25) is 0 Å². The highest BCUT2D eigenvalue weighted by atomic mass is 35.5. The van der Waals surface area contributed by atoms with Crippen LogP contribution in [0.2, 0.25) is 5.02 Å². The molecule has 1 heterocycles. The minimum atomic E-state index is 0.631. The van der Waals surface area contributed by atoms with Crippen molar-refractivity contribution in [2.24, 2.45) is 5.92 Å². The van der Waals surface area contributed by atoms with Gasteiger partial charge in [-0.05, 0) is 44.0 Å². The van der Waals surface area contributed by atoms with E-state index in [0.29, 0.717) is 6.04 Å². The van der Waals surface area contributed by atoms with Crippen molar-refractivity contribution in [3.63, 3.8) is 0 Å². The lowest BCUT2D eigenvalue weighted by Crippen LogP contribution is -2.44. The summed E-state index contributed by atoms with van der Waals surface area (Å²) in [4.78, 5) is 2.37. The second-order valence-electron chi connectivity index (χ2n) is 5.74. The fourth-order valence-corrected chi connectivity index (χ4v) is 3.16. The minimum absolute atomic E-state index is 0.631. The summed E-state index contributed by atoms with van der Waals surface area (Å²) in [5.74, 6) is 0.903. The Labute approximate surface area is 122 Å². The summed E-state index contributed by atoms with van der Waals surface area (Å²) in [5.41, 5.74) is 1.22. The quantitative estimate of drug-likeness (QED) is 0.887. The molecule has 0 spiro atoms. The van der Waals surface area contributed by atoms with E-state index in [4.69, 9.17) is 11.6 Å². The molecule has 0 amide bonds. The van der Waals surface area contributed by atoms with Crippen molar-refractivity contribution < 1.29 is 0 Å². The van der Waals surface area contributed by atoms with Crippen molar-refractivity contribution in [2.45, 2.75) is 38.8 Å². The predicted molar refractivity (Wildman–Crippen MR) is 82.6 cm³/mol. The number of piperidine rings is 1. The van der Waals surface area contributed by atoms with Gasteiger partial charge in [-0.2, -0.15) is 0 Å². The summed E-state index contributed by atoms with van der Waals surface area (Å²) < 4.78 is 0. The third-order valence-electron chi connectivity index (χ3n) is 4.11. The van der Waals surface area contributed by atoms with Crippen LogP contribution in [0, 0.1) is 5.92 Å². The Kier molecular flexibility index (Phi) is 5.68. The van der Waals surface area contributed by atoms with Gasteiger partial charge < -0.3 is 10.2 Å². The zero-order valence-corrected chi connectivity index (χ0v) is 12.8. The lowest BCUT2D eigenvalue weighted by molar-refractivity contribution is 0.220. The monoisotopic (exact) mass is 280 g/mol. The number of nitrogens with one attached hydrogen (secondary N) is 1. The van der Waals surface area contributed by atoms with Crippen LogP contribution in [0.3, 0.4) is 0 Å². The molecule has 106 valence electrons. The van der Waals surface area contributed by atoms with Crippen molar-refractivity contribution in [3.8, 4) is 0 Å². The molecule has 0 aromatic heterocycles. The molecular formula is C16H25ClN2. The van der Waals surface area contributed by atoms with E-state index in [1.807, 2.05) is 12.1 Å². The number of rotatable bonds is 5. The summed E-state index contributed by atoms with van der Waals surface area (Å²) >= 11 is 6.21. The second-order valence-corrected chi connectivity index (χ2v) is 6.15. The van der Waals surface area contributed by atoms with E-state index in [9.17, 15) is 0 Å². The largest absolute Gasteiger partial charge is 0.313 e. The third kappa shape index (κ3) is 4.48. The Morgan fingerprint density at radius 3 is 2.89 bits per heavy atom. The van der Waals surface area contributed by atoms with Gasteiger partial charge in [0.1, 0.15) is 0 Å². The first-order chi connectivity index (χ1) is 9.19. The molecule has 1 fully saturated rings. The molecule has 19 heavy (non-hydrogen) atoms. The summed E-state index contributed by atoms with van der Waals surface area (Å²) in [6, 6.07) is 8.76. The van der Waals surface area contributed by atoms with Gasteiger partial charge in [-0.15, -0.1) is 0 Å². The molecule has 3 heteroatoms. The van der Waals surface area contributed by atoms with Crippen LogP contribution in [0.1, 0.15) is 31.7 Å². The van der Waals surface area contributed by atoms with E-state index >= 15 is 0 Å². The van der Waals surface area contributed by atoms with E-state index in [0.717, 1.165) is 24.0 Å². The lowest BCUT2D eigenvalue weighted by atomic mass is 9.90. The molecule has 0 aliphatic carbocycles. The average molecular weight is 281 g/mol. The van der Waals surface area contributed by atoms with Crippen molar-refractivity contribution in [1.29, 1.82) is 0 Å². The summed E-state index contributed by atoms with van der Waals surface area (Å²) in [6.45, 7) is 5.50. The molecule has 1 aliphatic rings. The molecule has 1 aromatic rings. The van der Waals surface area contributed by atoms with Crippen LogP contribution in [0.5, 0.6) is 0 Å². The van der Waals surface area contributed by atoms with Gasteiger partial charge in [0.2, 0.25) is 0 Å². The van der Waals surface area contributed by atoms with Crippen LogP contribution in [0.25, 0.3) is 0 Å². The normalized spacial score (nSPS) is 23.8. The molecular weight excluding hydrogens is 256 g/mol. The molecule has 0 bridgehead atoms. The lowest BCUT2D eigenvalue weighted by Gasteiger charge is -2.32. The maximum Gasteiger partial charge on any atom is 0.0451 e. The number of hydrogen-bond donors (Lipinski definition) is 1. The second kappa shape index (κ2) is 7.28. The highest BCUT2D eigenvalue weighted by molar-refractivity contribution is 6.31. The van der Waals surface area contributed by atoms with Gasteiger partial charge in [0.25, 0.3) is 0 Å². The number of nitrogens with zero attached hydrogens (tertiary/aromatic N) is 1. The van der Waals surface area contributed by atoms with Crippen LogP contribution in [0.4, 0.5) is 0 Å². The van der Waals surface area contributed by atoms with Gasteiger partial charge >= 0.3 is 0 Å². The topological polar surface area (TPSA) is 15.3 Å².